The van der Waals surface area contributed by atoms with Gasteiger partial charge < -0.3 is 9.47 Å². The highest BCUT2D eigenvalue weighted by atomic mass is 35.5. The standard InChI is InChI=1S/C14H13ClFNO6/c1-4-22-14(19)12(7(2)3)23-13(18)8-5-11(17(20)21)10(16)6-9(8)15/h5-6H,4H2,1-3H3. The summed E-state index contributed by atoms with van der Waals surface area (Å²) in [5.41, 5.74) is -1.02. The van der Waals surface area contributed by atoms with Gasteiger partial charge in [-0.25, -0.2) is 9.59 Å². The summed E-state index contributed by atoms with van der Waals surface area (Å²) in [5.74, 6) is -3.56. The minimum Gasteiger partial charge on any atom is -0.460 e. The van der Waals surface area contributed by atoms with E-state index < -0.39 is 33.9 Å². The molecule has 1 rings (SSSR count). The Morgan fingerprint density at radius 1 is 1.35 bits per heavy atom. The Kier molecular flexibility index (Phi) is 6.20. The van der Waals surface area contributed by atoms with Crippen molar-refractivity contribution in [1.82, 2.24) is 0 Å². The molecule has 0 radical (unpaired) electrons. The number of nitro benzene ring substituents is 1. The summed E-state index contributed by atoms with van der Waals surface area (Å²) in [6, 6.07) is 1.27. The van der Waals surface area contributed by atoms with Crippen LogP contribution in [-0.4, -0.2) is 23.5 Å². The second-order valence-corrected chi connectivity index (χ2v) is 4.89. The van der Waals surface area contributed by atoms with Crippen LogP contribution in [0.2, 0.25) is 5.02 Å². The SMILES string of the molecule is CCOC(=O)C(OC(=O)c1cc([N+](=O)[O-])c(F)cc1Cl)=C(C)C. The maximum Gasteiger partial charge on any atom is 0.374 e. The van der Waals surface area contributed by atoms with Crippen LogP contribution in [0.3, 0.4) is 0 Å². The van der Waals surface area contributed by atoms with Crippen LogP contribution in [0.5, 0.6) is 0 Å². The number of rotatable bonds is 5. The van der Waals surface area contributed by atoms with Gasteiger partial charge in [0.1, 0.15) is 0 Å². The van der Waals surface area contributed by atoms with Crippen molar-refractivity contribution in [2.75, 3.05) is 6.61 Å². The summed E-state index contributed by atoms with van der Waals surface area (Å²) < 4.78 is 23.0. The van der Waals surface area contributed by atoms with Crippen molar-refractivity contribution >= 4 is 29.2 Å². The number of nitro groups is 1. The Hall–Kier alpha value is -2.48. The maximum atomic E-state index is 13.4. The number of hydrogen-bond donors (Lipinski definition) is 0. The van der Waals surface area contributed by atoms with Gasteiger partial charge in [-0.3, -0.25) is 10.1 Å². The van der Waals surface area contributed by atoms with Crippen LogP contribution in [0.25, 0.3) is 0 Å². The van der Waals surface area contributed by atoms with E-state index in [1.807, 2.05) is 0 Å². The van der Waals surface area contributed by atoms with Crippen molar-refractivity contribution in [3.05, 3.63) is 50.0 Å². The Bertz CT molecular complexity index is 697. The summed E-state index contributed by atoms with van der Waals surface area (Å²) in [6.45, 7) is 4.65. The number of carbonyl (C=O) groups excluding carboxylic acids is 2. The second-order valence-electron chi connectivity index (χ2n) is 4.48. The van der Waals surface area contributed by atoms with Gasteiger partial charge in [0.2, 0.25) is 11.6 Å². The first-order valence-corrected chi connectivity index (χ1v) is 6.77. The summed E-state index contributed by atoms with van der Waals surface area (Å²) >= 11 is 5.71. The van der Waals surface area contributed by atoms with Crippen molar-refractivity contribution < 1.29 is 28.4 Å². The summed E-state index contributed by atoms with van der Waals surface area (Å²) in [7, 11) is 0. The number of benzene rings is 1. The van der Waals surface area contributed by atoms with Crippen molar-refractivity contribution in [3.8, 4) is 0 Å². The first-order chi connectivity index (χ1) is 10.7. The van der Waals surface area contributed by atoms with Crippen LogP contribution in [0.1, 0.15) is 31.1 Å². The van der Waals surface area contributed by atoms with Crippen LogP contribution < -0.4 is 0 Å². The lowest BCUT2D eigenvalue weighted by molar-refractivity contribution is -0.387. The lowest BCUT2D eigenvalue weighted by Crippen LogP contribution is -2.16. The Morgan fingerprint density at radius 2 is 1.96 bits per heavy atom. The molecule has 0 fully saturated rings. The smallest absolute Gasteiger partial charge is 0.374 e. The molecule has 0 spiro atoms. The molecule has 124 valence electrons. The molecule has 1 aromatic carbocycles. The van der Waals surface area contributed by atoms with E-state index >= 15 is 0 Å². The molecular formula is C14H13ClFNO6. The quantitative estimate of drug-likeness (QED) is 0.267. The highest BCUT2D eigenvalue weighted by Crippen LogP contribution is 2.27. The van der Waals surface area contributed by atoms with Crippen molar-refractivity contribution in [2.24, 2.45) is 0 Å². The van der Waals surface area contributed by atoms with E-state index in [2.05, 4.69) is 0 Å². The fourth-order valence-corrected chi connectivity index (χ4v) is 1.75. The summed E-state index contributed by atoms with van der Waals surface area (Å²) in [4.78, 5) is 33.5. The molecule has 0 amide bonds. The number of ether oxygens (including phenoxy) is 2. The van der Waals surface area contributed by atoms with E-state index in [1.54, 1.807) is 6.92 Å². The molecular weight excluding hydrogens is 333 g/mol. The predicted octanol–water partition coefficient (Wildman–Crippen LogP) is 3.40. The van der Waals surface area contributed by atoms with Gasteiger partial charge in [0.05, 0.1) is 22.1 Å². The van der Waals surface area contributed by atoms with E-state index in [0.29, 0.717) is 17.7 Å². The lowest BCUT2D eigenvalue weighted by atomic mass is 10.2. The highest BCUT2D eigenvalue weighted by molar-refractivity contribution is 6.33. The number of esters is 2. The molecule has 9 heteroatoms. The molecule has 0 aliphatic carbocycles. The minimum absolute atomic E-state index is 0.0654. The Balaban J connectivity index is 3.20. The zero-order valence-electron chi connectivity index (χ0n) is 12.5. The third-order valence-corrected chi connectivity index (χ3v) is 2.88. The van der Waals surface area contributed by atoms with Gasteiger partial charge in [-0.15, -0.1) is 0 Å². The third kappa shape index (κ3) is 4.49. The fraction of sp³-hybridized carbons (Fsp3) is 0.286. The molecule has 7 nitrogen and oxygen atoms in total. The molecule has 0 bridgehead atoms. The van der Waals surface area contributed by atoms with Crippen molar-refractivity contribution in [3.63, 3.8) is 0 Å². The molecule has 0 unspecified atom stereocenters. The normalized spacial score (nSPS) is 9.96. The minimum atomic E-state index is -1.19. The first kappa shape index (κ1) is 18.6. The van der Waals surface area contributed by atoms with Gasteiger partial charge >= 0.3 is 17.6 Å². The molecule has 0 aromatic heterocycles. The average molecular weight is 346 g/mol. The zero-order chi connectivity index (χ0) is 17.7. The van der Waals surface area contributed by atoms with E-state index in [-0.39, 0.29) is 17.4 Å². The Labute approximate surface area is 135 Å². The predicted molar refractivity (Wildman–Crippen MR) is 78.5 cm³/mol. The van der Waals surface area contributed by atoms with E-state index in [1.165, 1.54) is 13.8 Å². The molecule has 0 N–H and O–H groups in total. The van der Waals surface area contributed by atoms with Gasteiger partial charge in [0, 0.05) is 12.1 Å². The fourth-order valence-electron chi connectivity index (χ4n) is 1.53. The van der Waals surface area contributed by atoms with E-state index in [4.69, 9.17) is 21.1 Å². The van der Waals surface area contributed by atoms with Crippen LogP contribution in [0.4, 0.5) is 10.1 Å². The first-order valence-electron chi connectivity index (χ1n) is 6.39. The van der Waals surface area contributed by atoms with Crippen LogP contribution in [-0.2, 0) is 14.3 Å². The molecule has 23 heavy (non-hydrogen) atoms. The second kappa shape index (κ2) is 7.68. The summed E-state index contributed by atoms with van der Waals surface area (Å²) in [5, 5.41) is 10.3. The van der Waals surface area contributed by atoms with E-state index in [9.17, 15) is 24.1 Å². The van der Waals surface area contributed by atoms with Crippen molar-refractivity contribution in [1.29, 1.82) is 0 Å². The molecule has 0 heterocycles. The van der Waals surface area contributed by atoms with Crippen molar-refractivity contribution in [2.45, 2.75) is 20.8 Å². The maximum absolute atomic E-state index is 13.4. The molecule has 0 saturated heterocycles. The molecule has 0 saturated carbocycles. The van der Waals surface area contributed by atoms with Gasteiger partial charge in [-0.2, -0.15) is 4.39 Å². The number of halogens is 2. The molecule has 0 atom stereocenters. The van der Waals surface area contributed by atoms with Crippen LogP contribution in [0, 0.1) is 15.9 Å². The average Bonchev–Trinajstić information content (AvgIpc) is 2.43. The van der Waals surface area contributed by atoms with E-state index in [0.717, 1.165) is 0 Å². The van der Waals surface area contributed by atoms with Gasteiger partial charge in [0.15, 0.2) is 0 Å². The number of nitrogens with zero attached hydrogens (tertiary/aromatic N) is 1. The molecule has 0 aliphatic heterocycles. The van der Waals surface area contributed by atoms with Crippen LogP contribution >= 0.6 is 11.6 Å². The topological polar surface area (TPSA) is 95.7 Å². The van der Waals surface area contributed by atoms with Gasteiger partial charge in [-0.05, 0) is 26.3 Å². The largest absolute Gasteiger partial charge is 0.460 e. The molecule has 1 aromatic rings. The third-order valence-electron chi connectivity index (χ3n) is 2.56. The van der Waals surface area contributed by atoms with Gasteiger partial charge in [-0.1, -0.05) is 11.6 Å². The number of carbonyl (C=O) groups is 2. The number of hydrogen-bond acceptors (Lipinski definition) is 6. The highest BCUT2D eigenvalue weighted by Gasteiger charge is 2.25. The van der Waals surface area contributed by atoms with Gasteiger partial charge in [0.25, 0.3) is 0 Å². The summed E-state index contributed by atoms with van der Waals surface area (Å²) in [6.07, 6.45) is 0. The zero-order valence-corrected chi connectivity index (χ0v) is 13.3. The number of allylic oxidation sites excluding steroid dienone is 1. The van der Waals surface area contributed by atoms with Crippen LogP contribution in [0.15, 0.2) is 23.5 Å². The molecule has 0 aliphatic rings. The lowest BCUT2D eigenvalue weighted by Gasteiger charge is -2.10. The Morgan fingerprint density at radius 3 is 2.43 bits per heavy atom. The monoisotopic (exact) mass is 345 g/mol.